The van der Waals surface area contributed by atoms with E-state index in [2.05, 4.69) is 49.5 Å². The number of carbonyl (C=O) groups excluding carboxylic acids is 8. The first kappa shape index (κ1) is 59.2. The Hall–Kier alpha value is -5.94. The van der Waals surface area contributed by atoms with Crippen molar-refractivity contribution in [2.75, 3.05) is 44.0 Å². The number of nitrogens with one attached hydrogen (secondary N) is 6. The molecule has 0 spiro atoms. The van der Waals surface area contributed by atoms with Crippen molar-refractivity contribution in [2.45, 2.75) is 126 Å². The standard InChI is InChI=1S/C40H66N12O15S2/c1-19(2)30(50-35(62)27-9-6-12-51(27)37(64)21(10-14-69-3)45-32(59)23(15-28(54)55)47-31(58)20(41)18-68)36(63)49-25(17-53)38(65)52-13-5-8-26(52)34(61)48-24(16-29(56)57)33(60)46-22(39(66)67)7-4-11-44-40(42)43/h19-27,30,53,68H,4-18,41H2,1-3H3,(H,45,59)(H,46,60)(H,47,58)(H,48,61)(H,49,63)(H,50,62)(H,54,55)(H,56,57)(H,66,67)(H4,42,43,44)/t20-,21-,22-,23-,24-,25-,26-,27-,30-/m0/s1. The number of aliphatic hydroxyl groups is 1. The molecule has 2 heterocycles. The molecule has 2 rings (SSSR count). The van der Waals surface area contributed by atoms with E-state index >= 15 is 0 Å². The maximum atomic E-state index is 14.0. The average molecular weight is 1020 g/mol. The van der Waals surface area contributed by atoms with Crippen LogP contribution in [0.15, 0.2) is 4.99 Å². The number of hydrogen-bond donors (Lipinski definition) is 14. The highest BCUT2D eigenvalue weighted by Gasteiger charge is 2.43. The number of aliphatic carboxylic acids is 3. The number of likely N-dealkylation sites (tertiary alicyclic amines) is 2. The fourth-order valence-corrected chi connectivity index (χ4v) is 8.07. The molecule has 8 amide bonds. The SMILES string of the molecule is CSCC[C@H](NC(=O)[C@H](CC(=O)O)NC(=O)[C@@H](N)CS)C(=O)N1CCC[C@H]1C(=O)N[C@H](C(=O)N[C@@H](CO)C(=O)N1CCC[C@H]1C(=O)N[C@@H](CC(=O)O)C(=O)N[C@@H](CCCN=C(N)N)C(=O)O)C(C)C. The lowest BCUT2D eigenvalue weighted by Gasteiger charge is -2.32. The van der Waals surface area contributed by atoms with E-state index in [-0.39, 0.29) is 69.9 Å². The Labute approximate surface area is 407 Å². The van der Waals surface area contributed by atoms with E-state index in [4.69, 9.17) is 17.2 Å². The zero-order valence-electron chi connectivity index (χ0n) is 38.6. The molecule has 0 aromatic carbocycles. The maximum absolute atomic E-state index is 14.0. The van der Waals surface area contributed by atoms with Gasteiger partial charge in [-0.3, -0.25) is 52.9 Å². The molecule has 0 unspecified atom stereocenters. The molecular formula is C40H66N12O15S2. The van der Waals surface area contributed by atoms with Crippen molar-refractivity contribution in [1.29, 1.82) is 0 Å². The molecule has 29 heteroatoms. The third-order valence-electron chi connectivity index (χ3n) is 11.1. The van der Waals surface area contributed by atoms with Crippen LogP contribution in [-0.2, 0) is 52.7 Å². The fraction of sp³-hybridized carbons (Fsp3) is 0.700. The van der Waals surface area contributed by atoms with Gasteiger partial charge in [-0.1, -0.05) is 13.8 Å². The minimum atomic E-state index is -1.78. The van der Waals surface area contributed by atoms with Crippen molar-refractivity contribution in [3.8, 4) is 0 Å². The molecule has 0 saturated carbocycles. The monoisotopic (exact) mass is 1020 g/mol. The number of thioether (sulfide) groups is 1. The Kier molecular flexibility index (Phi) is 25.0. The van der Waals surface area contributed by atoms with Crippen molar-refractivity contribution >= 4 is 95.5 Å². The third kappa shape index (κ3) is 18.8. The van der Waals surface area contributed by atoms with E-state index in [0.29, 0.717) is 12.2 Å². The average Bonchev–Trinajstić information content (AvgIpc) is 3.99. The van der Waals surface area contributed by atoms with Gasteiger partial charge >= 0.3 is 17.9 Å². The largest absolute Gasteiger partial charge is 0.481 e. The van der Waals surface area contributed by atoms with Gasteiger partial charge < -0.3 is 79.3 Å². The Bertz CT molecular complexity index is 1910. The summed E-state index contributed by atoms with van der Waals surface area (Å²) in [5, 5.41) is 53.2. The number of amides is 8. The molecule has 0 aromatic heterocycles. The summed E-state index contributed by atoms with van der Waals surface area (Å²) in [6, 6.07) is -12.8. The minimum Gasteiger partial charge on any atom is -0.481 e. The van der Waals surface area contributed by atoms with Crippen molar-refractivity contribution in [2.24, 2.45) is 28.1 Å². The first-order valence-corrected chi connectivity index (χ1v) is 24.1. The number of rotatable bonds is 29. The number of thiol groups is 1. The number of nitrogens with two attached hydrogens (primary N) is 3. The number of aliphatic hydroxyl groups excluding tert-OH is 1. The van der Waals surface area contributed by atoms with Gasteiger partial charge in [0, 0.05) is 25.4 Å². The van der Waals surface area contributed by atoms with Crippen molar-refractivity contribution < 1.29 is 73.2 Å². The van der Waals surface area contributed by atoms with Gasteiger partial charge in [0.25, 0.3) is 0 Å². The second-order valence-corrected chi connectivity index (χ2v) is 18.0. The molecule has 2 fully saturated rings. The third-order valence-corrected chi connectivity index (χ3v) is 12.1. The fourth-order valence-electron chi connectivity index (χ4n) is 7.43. The number of carboxylic acids is 3. The van der Waals surface area contributed by atoms with E-state index in [1.54, 1.807) is 20.1 Å². The van der Waals surface area contributed by atoms with Gasteiger partial charge in [-0.2, -0.15) is 24.4 Å². The van der Waals surface area contributed by atoms with Crippen molar-refractivity contribution in [3.63, 3.8) is 0 Å². The van der Waals surface area contributed by atoms with Crippen LogP contribution in [0.3, 0.4) is 0 Å². The van der Waals surface area contributed by atoms with Crippen molar-refractivity contribution in [3.05, 3.63) is 0 Å². The molecule has 69 heavy (non-hydrogen) atoms. The highest BCUT2D eigenvalue weighted by atomic mass is 32.2. The van der Waals surface area contributed by atoms with Crippen molar-refractivity contribution in [1.82, 2.24) is 41.7 Å². The summed E-state index contributed by atoms with van der Waals surface area (Å²) in [5.41, 5.74) is 16.2. The number of aliphatic imine (C=N–C) groups is 1. The molecular weight excluding hydrogens is 953 g/mol. The quantitative estimate of drug-likeness (QED) is 0.0144. The van der Waals surface area contributed by atoms with E-state index in [1.807, 2.05) is 0 Å². The van der Waals surface area contributed by atoms with Crippen LogP contribution in [0, 0.1) is 5.92 Å². The summed E-state index contributed by atoms with van der Waals surface area (Å²) in [5.74, 6) is -12.2. The van der Waals surface area contributed by atoms with Crippen LogP contribution in [0.1, 0.15) is 71.6 Å². The van der Waals surface area contributed by atoms with Gasteiger partial charge in [0.15, 0.2) is 5.96 Å². The van der Waals surface area contributed by atoms with Crippen LogP contribution < -0.4 is 49.1 Å². The lowest BCUT2D eigenvalue weighted by atomic mass is 10.0. The van der Waals surface area contributed by atoms with E-state index in [1.165, 1.54) is 16.7 Å². The van der Waals surface area contributed by atoms with E-state index in [9.17, 15) is 73.2 Å². The molecule has 0 aromatic rings. The first-order valence-electron chi connectivity index (χ1n) is 22.1. The summed E-state index contributed by atoms with van der Waals surface area (Å²) in [7, 11) is 0. The molecule has 0 radical (unpaired) electrons. The molecule has 2 saturated heterocycles. The number of hydrogen-bond acceptors (Lipinski definition) is 16. The van der Waals surface area contributed by atoms with Gasteiger partial charge in [-0.05, 0) is 62.9 Å². The van der Waals surface area contributed by atoms with Gasteiger partial charge in [0.05, 0.1) is 25.5 Å². The molecule has 2 aliphatic heterocycles. The summed E-state index contributed by atoms with van der Waals surface area (Å²) in [6.45, 7) is 2.25. The normalized spacial score (nSPS) is 18.5. The zero-order chi connectivity index (χ0) is 52.1. The molecule has 388 valence electrons. The lowest BCUT2D eigenvalue weighted by molar-refractivity contribution is -0.145. The molecule has 27 nitrogen and oxygen atoms in total. The van der Waals surface area contributed by atoms with Crippen LogP contribution in [0.5, 0.6) is 0 Å². The van der Waals surface area contributed by atoms with Crippen LogP contribution in [0.2, 0.25) is 0 Å². The number of nitrogens with zero attached hydrogens (tertiary/aromatic N) is 3. The van der Waals surface area contributed by atoms with Gasteiger partial charge in [0.1, 0.15) is 48.3 Å². The first-order chi connectivity index (χ1) is 32.5. The van der Waals surface area contributed by atoms with Crippen LogP contribution in [0.4, 0.5) is 0 Å². The summed E-state index contributed by atoms with van der Waals surface area (Å²) in [4.78, 5) is 149. The summed E-state index contributed by atoms with van der Waals surface area (Å²) in [6.07, 6.45) is 0.771. The number of guanidine groups is 1. The molecule has 2 aliphatic rings. The van der Waals surface area contributed by atoms with E-state index in [0.717, 1.165) is 4.90 Å². The topological polar surface area (TPSA) is 438 Å². The van der Waals surface area contributed by atoms with E-state index < -0.39 is 145 Å². The Morgan fingerprint density at radius 3 is 1.62 bits per heavy atom. The summed E-state index contributed by atoms with van der Waals surface area (Å²) >= 11 is 5.29. The second kappa shape index (κ2) is 29.2. The predicted molar refractivity (Wildman–Crippen MR) is 250 cm³/mol. The Morgan fingerprint density at radius 1 is 0.681 bits per heavy atom. The lowest BCUT2D eigenvalue weighted by Crippen LogP contribution is -2.61. The number of carboxylic acid groups (broad SMARTS) is 3. The van der Waals surface area contributed by atoms with Gasteiger partial charge in [-0.25, -0.2) is 4.79 Å². The smallest absolute Gasteiger partial charge is 0.326 e. The van der Waals surface area contributed by atoms with Crippen LogP contribution >= 0.6 is 24.4 Å². The zero-order valence-corrected chi connectivity index (χ0v) is 40.3. The highest BCUT2D eigenvalue weighted by Crippen LogP contribution is 2.22. The summed E-state index contributed by atoms with van der Waals surface area (Å²) < 4.78 is 0. The number of carbonyl (C=O) groups is 11. The Morgan fingerprint density at radius 2 is 1.16 bits per heavy atom. The minimum absolute atomic E-state index is 0.0291. The van der Waals surface area contributed by atoms with Gasteiger partial charge in [-0.15, -0.1) is 0 Å². The Balaban J connectivity index is 2.22. The highest BCUT2D eigenvalue weighted by molar-refractivity contribution is 7.98. The second-order valence-electron chi connectivity index (χ2n) is 16.7. The predicted octanol–water partition coefficient (Wildman–Crippen LogP) is -5.38. The van der Waals surface area contributed by atoms with Crippen LogP contribution in [0.25, 0.3) is 0 Å². The van der Waals surface area contributed by atoms with Crippen LogP contribution in [-0.4, -0.2) is 200 Å². The molecule has 0 aliphatic carbocycles. The molecule has 16 N–H and O–H groups in total. The van der Waals surface area contributed by atoms with Gasteiger partial charge in [0.2, 0.25) is 47.3 Å². The maximum Gasteiger partial charge on any atom is 0.326 e. The molecule has 9 atom stereocenters. The molecule has 0 bridgehead atoms.